The van der Waals surface area contributed by atoms with Gasteiger partial charge < -0.3 is 24.0 Å². The Labute approximate surface area is 223 Å². The second-order valence-corrected chi connectivity index (χ2v) is 10.9. The molecular weight excluding hydrogens is 511 g/mol. The molecule has 1 saturated heterocycles. The highest BCUT2D eigenvalue weighted by atomic mass is 31.2. The molecule has 2 heterocycles. The van der Waals surface area contributed by atoms with Gasteiger partial charge in [-0.05, 0) is 32.9 Å². The Kier molecular flexibility index (Phi) is 10.1. The molecule has 11 heteroatoms. The summed E-state index contributed by atoms with van der Waals surface area (Å²) in [5, 5.41) is 12.1. The van der Waals surface area contributed by atoms with Gasteiger partial charge in [-0.1, -0.05) is 36.4 Å². The number of hydrogen-bond acceptors (Lipinski definition) is 8. The van der Waals surface area contributed by atoms with Crippen molar-refractivity contribution < 1.29 is 37.8 Å². The molecule has 1 aromatic rings. The van der Waals surface area contributed by atoms with E-state index in [1.165, 1.54) is 13.1 Å². The number of rotatable bonds is 13. The molecule has 0 aliphatic carbocycles. The van der Waals surface area contributed by atoms with Gasteiger partial charge in [0.05, 0.1) is 24.4 Å². The number of esters is 1. The molecule has 10 nitrogen and oxygen atoms in total. The van der Waals surface area contributed by atoms with Gasteiger partial charge in [-0.2, -0.15) is 5.09 Å². The molecule has 206 valence electrons. The summed E-state index contributed by atoms with van der Waals surface area (Å²) in [6.45, 7) is 12.6. The van der Waals surface area contributed by atoms with Crippen LogP contribution >= 0.6 is 7.75 Å². The number of carbonyl (C=O) groups excluding carboxylic acids is 1. The molecule has 0 spiro atoms. The number of ether oxygens (including phenoxy) is 2. The van der Waals surface area contributed by atoms with Crippen LogP contribution in [0.25, 0.3) is 0 Å². The predicted octanol–water partition coefficient (Wildman–Crippen LogP) is 4.64. The molecule has 38 heavy (non-hydrogen) atoms. The number of aliphatic carboxylic acids is 1. The van der Waals surface area contributed by atoms with Gasteiger partial charge in [0.25, 0.3) is 0 Å². The van der Waals surface area contributed by atoms with Crippen LogP contribution in [0.4, 0.5) is 0 Å². The smallest absolute Gasteiger partial charge is 0.459 e. The zero-order chi connectivity index (χ0) is 27.9. The lowest BCUT2D eigenvalue weighted by Gasteiger charge is -2.29. The molecule has 0 radical (unpaired) electrons. The van der Waals surface area contributed by atoms with Crippen LogP contribution in [0.1, 0.15) is 27.2 Å². The fourth-order valence-electron chi connectivity index (χ4n) is 4.18. The first-order valence-corrected chi connectivity index (χ1v) is 13.9. The van der Waals surface area contributed by atoms with E-state index in [0.717, 1.165) is 0 Å². The minimum Gasteiger partial charge on any atom is -0.478 e. The third-order valence-corrected chi connectivity index (χ3v) is 7.63. The van der Waals surface area contributed by atoms with Crippen LogP contribution in [0.15, 0.2) is 79.7 Å². The number of para-hydroxylation sites is 1. The zero-order valence-electron chi connectivity index (χ0n) is 21.8. The largest absolute Gasteiger partial charge is 0.478 e. The van der Waals surface area contributed by atoms with Crippen molar-refractivity contribution in [3.63, 3.8) is 0 Å². The number of carbonyl (C=O) groups is 2. The first-order chi connectivity index (χ1) is 18.1. The van der Waals surface area contributed by atoms with Crippen molar-refractivity contribution in [1.82, 2.24) is 9.99 Å². The van der Waals surface area contributed by atoms with Gasteiger partial charge in [0.2, 0.25) is 0 Å². The highest BCUT2D eigenvalue weighted by Crippen LogP contribution is 2.47. The molecule has 1 aromatic carbocycles. The van der Waals surface area contributed by atoms with Gasteiger partial charge in [0.15, 0.2) is 0 Å². The first kappa shape index (κ1) is 29.4. The summed E-state index contributed by atoms with van der Waals surface area (Å²) in [6.07, 6.45) is 7.19. The van der Waals surface area contributed by atoms with Crippen molar-refractivity contribution in [3.8, 4) is 5.75 Å². The SMILES string of the molecule is C=C[C@@H]1[C@H](C=C)[C@@H](COP(=O)(N[C@@H](C)C(=O)OC(C)C)Oc2ccccc2)O[C@H]1N1C=CCC(C(=O)O)=C1. The van der Waals surface area contributed by atoms with Gasteiger partial charge in [-0.25, -0.2) is 9.36 Å². The molecule has 2 N–H and O–H groups in total. The molecule has 2 aliphatic heterocycles. The molecule has 0 aromatic heterocycles. The normalized spacial score (nSPS) is 25.3. The quantitative estimate of drug-likeness (QED) is 0.205. The van der Waals surface area contributed by atoms with E-state index in [2.05, 4.69) is 18.2 Å². The Morgan fingerprint density at radius 2 is 1.89 bits per heavy atom. The number of benzene rings is 1. The highest BCUT2D eigenvalue weighted by Gasteiger charge is 2.45. The lowest BCUT2D eigenvalue weighted by Crippen LogP contribution is -2.37. The average molecular weight is 547 g/mol. The van der Waals surface area contributed by atoms with Crippen molar-refractivity contribution in [3.05, 3.63) is 79.7 Å². The molecule has 1 unspecified atom stereocenters. The Morgan fingerprint density at radius 3 is 2.50 bits per heavy atom. The maximum absolute atomic E-state index is 13.8. The molecule has 0 bridgehead atoms. The summed E-state index contributed by atoms with van der Waals surface area (Å²) in [4.78, 5) is 25.6. The zero-order valence-corrected chi connectivity index (χ0v) is 22.7. The monoisotopic (exact) mass is 546 g/mol. The lowest BCUT2D eigenvalue weighted by atomic mass is 9.89. The van der Waals surface area contributed by atoms with Crippen molar-refractivity contribution in [1.29, 1.82) is 0 Å². The van der Waals surface area contributed by atoms with E-state index in [9.17, 15) is 19.3 Å². The minimum absolute atomic E-state index is 0.173. The maximum Gasteiger partial charge on any atom is 0.459 e. The number of allylic oxidation sites excluding steroid dienone is 1. The van der Waals surface area contributed by atoms with Crippen LogP contribution < -0.4 is 9.61 Å². The number of carboxylic acid groups (broad SMARTS) is 1. The molecular formula is C27H35N2O8P. The summed E-state index contributed by atoms with van der Waals surface area (Å²) in [5.41, 5.74) is 0.223. The molecule has 0 saturated carbocycles. The van der Waals surface area contributed by atoms with Gasteiger partial charge >= 0.3 is 19.7 Å². The second kappa shape index (κ2) is 13.1. The summed E-state index contributed by atoms with van der Waals surface area (Å²) in [5.74, 6) is -1.89. The lowest BCUT2D eigenvalue weighted by molar-refractivity contribution is -0.149. The van der Waals surface area contributed by atoms with Crippen LogP contribution in [0.3, 0.4) is 0 Å². The highest BCUT2D eigenvalue weighted by molar-refractivity contribution is 7.52. The van der Waals surface area contributed by atoms with Gasteiger partial charge in [-0.3, -0.25) is 9.32 Å². The third kappa shape index (κ3) is 7.45. The molecule has 2 aliphatic rings. The molecule has 1 fully saturated rings. The Balaban J connectivity index is 1.79. The fourth-order valence-corrected chi connectivity index (χ4v) is 5.69. The van der Waals surface area contributed by atoms with Crippen molar-refractivity contribution >= 4 is 19.7 Å². The third-order valence-electron chi connectivity index (χ3n) is 5.99. The Morgan fingerprint density at radius 1 is 1.21 bits per heavy atom. The molecule has 3 rings (SSSR count). The Hall–Kier alpha value is -3.17. The van der Waals surface area contributed by atoms with E-state index in [4.69, 9.17) is 18.5 Å². The standard InChI is InChI=1S/C27H35N2O8P/c1-6-22-23(7-2)25(29-15-11-12-20(16-29)26(30)31)36-24(22)17-34-38(33,37-21-13-9-8-10-14-21)28-19(5)27(32)35-18(3)4/h6-11,13-16,18-19,22-25H,1-2,12,17H2,3-5H3,(H,28,33)(H,30,31)/t19-,22-,23+,24+,25+,38?/m0/s1. The summed E-state index contributed by atoms with van der Waals surface area (Å²) < 4.78 is 36.8. The predicted molar refractivity (Wildman–Crippen MR) is 142 cm³/mol. The summed E-state index contributed by atoms with van der Waals surface area (Å²) in [7, 11) is -4.10. The molecule has 6 atom stereocenters. The van der Waals surface area contributed by atoms with Crippen molar-refractivity contribution in [2.24, 2.45) is 11.8 Å². The van der Waals surface area contributed by atoms with Crippen LogP contribution in [0.5, 0.6) is 5.75 Å². The molecule has 0 amide bonds. The first-order valence-electron chi connectivity index (χ1n) is 12.3. The summed E-state index contributed by atoms with van der Waals surface area (Å²) >= 11 is 0. The number of hydrogen-bond donors (Lipinski definition) is 2. The van der Waals surface area contributed by atoms with Crippen molar-refractivity contribution in [2.45, 2.75) is 51.7 Å². The second-order valence-electron chi connectivity index (χ2n) is 9.22. The van der Waals surface area contributed by atoms with Crippen LogP contribution in [-0.2, 0) is 28.2 Å². The van der Waals surface area contributed by atoms with E-state index in [1.807, 2.05) is 0 Å². The van der Waals surface area contributed by atoms with Gasteiger partial charge in [-0.15, -0.1) is 13.2 Å². The van der Waals surface area contributed by atoms with Gasteiger partial charge in [0.1, 0.15) is 18.0 Å². The minimum atomic E-state index is -4.10. The van der Waals surface area contributed by atoms with Crippen LogP contribution in [-0.4, -0.2) is 53.0 Å². The van der Waals surface area contributed by atoms with E-state index >= 15 is 0 Å². The van der Waals surface area contributed by atoms with Crippen molar-refractivity contribution in [2.75, 3.05) is 6.61 Å². The Bertz CT molecular complexity index is 1120. The van der Waals surface area contributed by atoms with E-state index in [1.54, 1.807) is 73.5 Å². The average Bonchev–Trinajstić information content (AvgIpc) is 3.25. The van der Waals surface area contributed by atoms with Crippen LogP contribution in [0, 0.1) is 11.8 Å². The number of nitrogens with one attached hydrogen (secondary N) is 1. The van der Waals surface area contributed by atoms with E-state index in [-0.39, 0.29) is 35.9 Å². The van der Waals surface area contributed by atoms with Gasteiger partial charge in [0, 0.05) is 30.7 Å². The van der Waals surface area contributed by atoms with Crippen LogP contribution in [0.2, 0.25) is 0 Å². The summed E-state index contributed by atoms with van der Waals surface area (Å²) in [6, 6.07) is 7.46. The van der Waals surface area contributed by atoms with E-state index in [0.29, 0.717) is 6.42 Å². The topological polar surface area (TPSA) is 124 Å². The number of nitrogens with zero attached hydrogens (tertiary/aromatic N) is 1. The van der Waals surface area contributed by atoms with E-state index < -0.39 is 38.1 Å². The maximum atomic E-state index is 13.8. The fraction of sp³-hybridized carbons (Fsp3) is 0.407. The number of carboxylic acids is 1.